The second-order valence-corrected chi connectivity index (χ2v) is 6.46. The van der Waals surface area contributed by atoms with Gasteiger partial charge in [0.2, 0.25) is 5.91 Å². The Morgan fingerprint density at radius 2 is 2.00 bits per heavy atom. The number of amides is 1. The lowest BCUT2D eigenvalue weighted by molar-refractivity contribution is -0.113. The first-order valence-corrected chi connectivity index (χ1v) is 9.02. The number of thioether (sulfide) groups is 1. The van der Waals surface area contributed by atoms with Crippen LogP contribution in [0, 0.1) is 5.82 Å². The van der Waals surface area contributed by atoms with E-state index >= 15 is 0 Å². The number of rotatable bonds is 6. The predicted octanol–water partition coefficient (Wildman–Crippen LogP) is 3.42. The molecule has 0 saturated heterocycles. The van der Waals surface area contributed by atoms with Gasteiger partial charge in [0.25, 0.3) is 0 Å². The molecule has 1 amide bonds. The van der Waals surface area contributed by atoms with Crippen LogP contribution in [0.5, 0.6) is 0 Å². The largest absolute Gasteiger partial charge is 0.399 e. The Labute approximate surface area is 154 Å². The molecule has 134 valence electrons. The highest BCUT2D eigenvalue weighted by molar-refractivity contribution is 7.99. The molecule has 3 aromatic rings. The minimum absolute atomic E-state index is 0.173. The topological polar surface area (TPSA) is 85.8 Å². The predicted molar refractivity (Wildman–Crippen MR) is 101 cm³/mol. The zero-order valence-electron chi connectivity index (χ0n) is 14.1. The molecule has 0 atom stereocenters. The molecule has 3 N–H and O–H groups in total. The van der Waals surface area contributed by atoms with Crippen LogP contribution in [-0.4, -0.2) is 26.4 Å². The van der Waals surface area contributed by atoms with E-state index in [4.69, 9.17) is 5.73 Å². The van der Waals surface area contributed by atoms with Crippen LogP contribution in [0.1, 0.15) is 6.92 Å². The van der Waals surface area contributed by atoms with Crippen LogP contribution in [0.2, 0.25) is 0 Å². The van der Waals surface area contributed by atoms with Crippen molar-refractivity contribution in [3.8, 4) is 11.4 Å². The molecule has 0 fully saturated rings. The highest BCUT2D eigenvalue weighted by atomic mass is 32.2. The summed E-state index contributed by atoms with van der Waals surface area (Å²) < 4.78 is 14.8. The maximum atomic E-state index is 12.9. The molecule has 0 saturated carbocycles. The van der Waals surface area contributed by atoms with Crippen molar-refractivity contribution in [2.45, 2.75) is 18.6 Å². The van der Waals surface area contributed by atoms with E-state index < -0.39 is 0 Å². The molecular formula is C18H18FN5OS. The number of anilines is 2. The third-order valence-electron chi connectivity index (χ3n) is 3.64. The van der Waals surface area contributed by atoms with Crippen molar-refractivity contribution in [1.29, 1.82) is 0 Å². The van der Waals surface area contributed by atoms with Crippen LogP contribution >= 0.6 is 11.8 Å². The van der Waals surface area contributed by atoms with Crippen LogP contribution in [0.4, 0.5) is 15.8 Å². The van der Waals surface area contributed by atoms with Crippen molar-refractivity contribution in [2.75, 3.05) is 16.8 Å². The molecule has 0 aliphatic heterocycles. The average Bonchev–Trinajstić information content (AvgIpc) is 3.05. The standard InChI is InChI=1S/C18H18FN5OS/c1-2-24-17(12-4-3-5-14(20)10-12)22-23-18(24)26-11-16(25)21-15-8-6-13(19)7-9-15/h3-10H,2,11,20H2,1H3,(H,21,25). The van der Waals surface area contributed by atoms with Crippen molar-refractivity contribution in [3.63, 3.8) is 0 Å². The lowest BCUT2D eigenvalue weighted by Gasteiger charge is -2.08. The fourth-order valence-electron chi connectivity index (χ4n) is 2.43. The zero-order chi connectivity index (χ0) is 18.5. The number of halogens is 1. The number of nitrogens with two attached hydrogens (primary N) is 1. The molecule has 0 aliphatic carbocycles. The first kappa shape index (κ1) is 17.9. The molecular weight excluding hydrogens is 353 g/mol. The minimum Gasteiger partial charge on any atom is -0.399 e. The van der Waals surface area contributed by atoms with E-state index in [9.17, 15) is 9.18 Å². The van der Waals surface area contributed by atoms with Crippen molar-refractivity contribution >= 4 is 29.0 Å². The van der Waals surface area contributed by atoms with Crippen molar-refractivity contribution in [1.82, 2.24) is 14.8 Å². The smallest absolute Gasteiger partial charge is 0.234 e. The van der Waals surface area contributed by atoms with Crippen LogP contribution in [-0.2, 0) is 11.3 Å². The molecule has 0 aliphatic rings. The van der Waals surface area contributed by atoms with E-state index in [-0.39, 0.29) is 17.5 Å². The summed E-state index contributed by atoms with van der Waals surface area (Å²) in [5, 5.41) is 11.8. The van der Waals surface area contributed by atoms with Gasteiger partial charge in [-0.15, -0.1) is 10.2 Å². The van der Waals surface area contributed by atoms with Gasteiger partial charge in [0.05, 0.1) is 5.75 Å². The molecule has 6 nitrogen and oxygen atoms in total. The molecule has 2 aromatic carbocycles. The quantitative estimate of drug-likeness (QED) is 0.512. The van der Waals surface area contributed by atoms with Gasteiger partial charge in [-0.1, -0.05) is 23.9 Å². The van der Waals surface area contributed by atoms with Gasteiger partial charge in [-0.05, 0) is 43.3 Å². The summed E-state index contributed by atoms with van der Waals surface area (Å²) in [6.07, 6.45) is 0. The molecule has 0 unspecified atom stereocenters. The van der Waals surface area contributed by atoms with Gasteiger partial charge >= 0.3 is 0 Å². The third-order valence-corrected chi connectivity index (χ3v) is 4.60. The van der Waals surface area contributed by atoms with E-state index in [0.717, 1.165) is 5.56 Å². The fraction of sp³-hybridized carbons (Fsp3) is 0.167. The molecule has 1 aromatic heterocycles. The van der Waals surface area contributed by atoms with Crippen LogP contribution < -0.4 is 11.1 Å². The van der Waals surface area contributed by atoms with Gasteiger partial charge in [0.15, 0.2) is 11.0 Å². The molecule has 1 heterocycles. The van der Waals surface area contributed by atoms with E-state index in [2.05, 4.69) is 15.5 Å². The molecule has 8 heteroatoms. The number of nitrogens with one attached hydrogen (secondary N) is 1. The number of carbonyl (C=O) groups excluding carboxylic acids is 1. The summed E-state index contributed by atoms with van der Waals surface area (Å²) in [6, 6.07) is 13.1. The van der Waals surface area contributed by atoms with Crippen LogP contribution in [0.15, 0.2) is 53.7 Å². The summed E-state index contributed by atoms with van der Waals surface area (Å²) in [6.45, 7) is 2.65. The number of benzene rings is 2. The van der Waals surface area contributed by atoms with Gasteiger partial charge in [-0.25, -0.2) is 4.39 Å². The Bertz CT molecular complexity index is 910. The van der Waals surface area contributed by atoms with E-state index in [0.29, 0.717) is 28.9 Å². The molecule has 0 radical (unpaired) electrons. The van der Waals surface area contributed by atoms with Crippen molar-refractivity contribution in [2.24, 2.45) is 0 Å². The Balaban J connectivity index is 1.68. The Kier molecular flexibility index (Phi) is 5.52. The van der Waals surface area contributed by atoms with Gasteiger partial charge in [0.1, 0.15) is 5.82 Å². The van der Waals surface area contributed by atoms with Gasteiger partial charge in [0, 0.05) is 23.5 Å². The second kappa shape index (κ2) is 8.01. The normalized spacial score (nSPS) is 10.7. The maximum Gasteiger partial charge on any atom is 0.234 e. The summed E-state index contributed by atoms with van der Waals surface area (Å²) in [5.74, 6) is 0.341. The number of hydrogen-bond acceptors (Lipinski definition) is 5. The number of aromatic nitrogens is 3. The number of hydrogen-bond donors (Lipinski definition) is 2. The van der Waals surface area contributed by atoms with E-state index in [1.165, 1.54) is 36.0 Å². The van der Waals surface area contributed by atoms with E-state index in [1.54, 1.807) is 0 Å². The van der Waals surface area contributed by atoms with E-state index in [1.807, 2.05) is 35.8 Å². The Morgan fingerprint density at radius 1 is 1.23 bits per heavy atom. The fourth-order valence-corrected chi connectivity index (χ4v) is 3.23. The first-order chi connectivity index (χ1) is 12.6. The molecule has 0 spiro atoms. The monoisotopic (exact) mass is 371 g/mol. The number of nitrogens with zero attached hydrogens (tertiary/aromatic N) is 3. The molecule has 3 rings (SSSR count). The molecule has 0 bridgehead atoms. The lowest BCUT2D eigenvalue weighted by atomic mass is 10.2. The second-order valence-electron chi connectivity index (χ2n) is 5.52. The minimum atomic E-state index is -0.345. The maximum absolute atomic E-state index is 12.9. The van der Waals surface area contributed by atoms with Gasteiger partial charge in [-0.2, -0.15) is 0 Å². The average molecular weight is 371 g/mol. The zero-order valence-corrected chi connectivity index (χ0v) is 15.0. The molecule has 26 heavy (non-hydrogen) atoms. The highest BCUT2D eigenvalue weighted by Gasteiger charge is 2.15. The SMILES string of the molecule is CCn1c(SCC(=O)Nc2ccc(F)cc2)nnc1-c1cccc(N)c1. The number of carbonyl (C=O) groups is 1. The summed E-state index contributed by atoms with van der Waals surface area (Å²) in [5.41, 5.74) is 7.92. The Hall–Kier alpha value is -2.87. The summed E-state index contributed by atoms with van der Waals surface area (Å²) in [4.78, 5) is 12.1. The van der Waals surface area contributed by atoms with Gasteiger partial charge in [-0.3, -0.25) is 4.79 Å². The van der Waals surface area contributed by atoms with Crippen molar-refractivity contribution < 1.29 is 9.18 Å². The summed E-state index contributed by atoms with van der Waals surface area (Å²) >= 11 is 1.29. The highest BCUT2D eigenvalue weighted by Crippen LogP contribution is 2.25. The third kappa shape index (κ3) is 4.20. The van der Waals surface area contributed by atoms with Gasteiger partial charge < -0.3 is 15.6 Å². The number of nitrogen functional groups attached to an aromatic ring is 1. The van der Waals surface area contributed by atoms with Crippen LogP contribution in [0.3, 0.4) is 0 Å². The Morgan fingerprint density at radius 3 is 2.69 bits per heavy atom. The van der Waals surface area contributed by atoms with Crippen molar-refractivity contribution in [3.05, 3.63) is 54.3 Å². The van der Waals surface area contributed by atoms with Crippen LogP contribution in [0.25, 0.3) is 11.4 Å². The first-order valence-electron chi connectivity index (χ1n) is 8.04. The lowest BCUT2D eigenvalue weighted by Crippen LogP contribution is -2.14. The summed E-state index contributed by atoms with van der Waals surface area (Å²) in [7, 11) is 0.